The highest BCUT2D eigenvalue weighted by Gasteiger charge is 2.23. The van der Waals surface area contributed by atoms with E-state index >= 15 is 0 Å². The molecule has 0 aliphatic rings. The zero-order chi connectivity index (χ0) is 21.0. The van der Waals surface area contributed by atoms with E-state index in [1.54, 1.807) is 19.1 Å². The van der Waals surface area contributed by atoms with E-state index in [-0.39, 0.29) is 23.6 Å². The van der Waals surface area contributed by atoms with E-state index < -0.39 is 23.9 Å². The lowest BCUT2D eigenvalue weighted by atomic mass is 10.0. The number of pyridine rings is 1. The molecule has 0 aliphatic carbocycles. The molecule has 1 amide bonds. The molecule has 29 heavy (non-hydrogen) atoms. The largest absolute Gasteiger partial charge is 0.465 e. The standard InChI is InChI=1S/C21H20N2O6/c1-12-14-7-4-5-8-15(14)23-16(18(12)21(26)27-3)11-29-20(25)13(2)22-19(24)17-9-6-10-28-17/h4-10,13H,11H2,1-3H3,(H,22,24)/t13-/m1/s1. The van der Waals surface area contributed by atoms with Crippen LogP contribution in [0.4, 0.5) is 0 Å². The second-order valence-corrected chi connectivity index (χ2v) is 6.35. The summed E-state index contributed by atoms with van der Waals surface area (Å²) in [7, 11) is 1.28. The van der Waals surface area contributed by atoms with Gasteiger partial charge in [-0.2, -0.15) is 0 Å². The van der Waals surface area contributed by atoms with Crippen LogP contribution in [0.5, 0.6) is 0 Å². The molecule has 1 aromatic carbocycles. The second kappa shape index (κ2) is 8.55. The van der Waals surface area contributed by atoms with Crippen LogP contribution in [-0.2, 0) is 20.9 Å². The zero-order valence-corrected chi connectivity index (χ0v) is 16.2. The van der Waals surface area contributed by atoms with Gasteiger partial charge in [-0.25, -0.2) is 14.6 Å². The van der Waals surface area contributed by atoms with E-state index in [1.807, 2.05) is 18.2 Å². The van der Waals surface area contributed by atoms with E-state index in [1.165, 1.54) is 26.4 Å². The van der Waals surface area contributed by atoms with Crippen molar-refractivity contribution in [2.24, 2.45) is 0 Å². The molecule has 2 aromatic heterocycles. The minimum Gasteiger partial charge on any atom is -0.465 e. The number of benzene rings is 1. The molecule has 0 spiro atoms. The number of amides is 1. The molecule has 3 aromatic rings. The number of hydrogen-bond donors (Lipinski definition) is 1. The molecule has 0 bridgehead atoms. The van der Waals surface area contributed by atoms with E-state index in [4.69, 9.17) is 13.9 Å². The van der Waals surface area contributed by atoms with Gasteiger partial charge < -0.3 is 19.2 Å². The van der Waals surface area contributed by atoms with E-state index in [2.05, 4.69) is 10.3 Å². The molecule has 2 heterocycles. The SMILES string of the molecule is COC(=O)c1c(COC(=O)[C@@H](C)NC(=O)c2ccco2)nc2ccccc2c1C. The van der Waals surface area contributed by atoms with Crippen LogP contribution in [0.3, 0.4) is 0 Å². The number of aryl methyl sites for hydroxylation is 1. The predicted molar refractivity (Wildman–Crippen MR) is 103 cm³/mol. The van der Waals surface area contributed by atoms with Crippen LogP contribution in [0, 0.1) is 6.92 Å². The Labute approximate surface area is 166 Å². The molecule has 1 atom stereocenters. The molecular formula is C21H20N2O6. The Morgan fingerprint density at radius 3 is 2.62 bits per heavy atom. The maximum Gasteiger partial charge on any atom is 0.340 e. The Morgan fingerprint density at radius 2 is 1.93 bits per heavy atom. The molecule has 0 saturated heterocycles. The molecule has 8 heteroatoms. The number of rotatable bonds is 6. The number of nitrogens with one attached hydrogen (secondary N) is 1. The van der Waals surface area contributed by atoms with Crippen LogP contribution in [0.25, 0.3) is 10.9 Å². The lowest BCUT2D eigenvalue weighted by molar-refractivity contribution is -0.146. The average Bonchev–Trinajstić information content (AvgIpc) is 3.26. The number of esters is 2. The summed E-state index contributed by atoms with van der Waals surface area (Å²) in [6, 6.07) is 9.47. The quantitative estimate of drug-likeness (QED) is 0.638. The van der Waals surface area contributed by atoms with Gasteiger partial charge in [-0.05, 0) is 37.6 Å². The first-order valence-electron chi connectivity index (χ1n) is 8.90. The topological polar surface area (TPSA) is 108 Å². The number of hydrogen-bond acceptors (Lipinski definition) is 7. The van der Waals surface area contributed by atoms with E-state index in [0.717, 1.165) is 5.39 Å². The first-order chi connectivity index (χ1) is 13.9. The fraction of sp³-hybridized carbons (Fsp3) is 0.238. The van der Waals surface area contributed by atoms with Crippen molar-refractivity contribution in [3.05, 3.63) is 65.2 Å². The molecule has 150 valence electrons. The Morgan fingerprint density at radius 1 is 1.17 bits per heavy atom. The van der Waals surface area contributed by atoms with Crippen LogP contribution in [-0.4, -0.2) is 36.0 Å². The van der Waals surface area contributed by atoms with Crippen LogP contribution in [0.1, 0.15) is 39.1 Å². The Bertz CT molecular complexity index is 1060. The molecule has 0 unspecified atom stereocenters. The molecule has 0 aliphatic heterocycles. The number of fused-ring (bicyclic) bond motifs is 1. The number of carbonyl (C=O) groups is 3. The summed E-state index contributed by atoms with van der Waals surface area (Å²) < 4.78 is 15.1. The predicted octanol–water partition coefficient (Wildman–Crippen LogP) is 2.78. The van der Waals surface area contributed by atoms with Gasteiger partial charge in [0.25, 0.3) is 5.91 Å². The fourth-order valence-electron chi connectivity index (χ4n) is 2.92. The first kappa shape index (κ1) is 20.1. The third kappa shape index (κ3) is 4.26. The van der Waals surface area contributed by atoms with E-state index in [0.29, 0.717) is 11.1 Å². The van der Waals surface area contributed by atoms with Crippen LogP contribution in [0.2, 0.25) is 0 Å². The fourth-order valence-corrected chi connectivity index (χ4v) is 2.92. The number of furan rings is 1. The second-order valence-electron chi connectivity index (χ2n) is 6.35. The number of carbonyl (C=O) groups excluding carboxylic acids is 3. The first-order valence-corrected chi connectivity index (χ1v) is 8.90. The Kier molecular flexibility index (Phi) is 5.92. The third-order valence-corrected chi connectivity index (χ3v) is 4.41. The summed E-state index contributed by atoms with van der Waals surface area (Å²) in [6.45, 7) is 3.03. The Hall–Kier alpha value is -3.68. The highest BCUT2D eigenvalue weighted by Crippen LogP contribution is 2.24. The van der Waals surface area contributed by atoms with Crippen molar-refractivity contribution in [2.75, 3.05) is 7.11 Å². The van der Waals surface area contributed by atoms with Gasteiger partial charge in [-0.3, -0.25) is 4.79 Å². The summed E-state index contributed by atoms with van der Waals surface area (Å²) in [6.07, 6.45) is 1.36. The number of aromatic nitrogens is 1. The van der Waals surface area contributed by atoms with Crippen molar-refractivity contribution in [3.63, 3.8) is 0 Å². The van der Waals surface area contributed by atoms with Crippen molar-refractivity contribution in [2.45, 2.75) is 26.5 Å². The third-order valence-electron chi connectivity index (χ3n) is 4.41. The molecule has 0 fully saturated rings. The van der Waals surface area contributed by atoms with Crippen molar-refractivity contribution in [1.82, 2.24) is 10.3 Å². The van der Waals surface area contributed by atoms with Crippen LogP contribution >= 0.6 is 0 Å². The van der Waals surface area contributed by atoms with Crippen molar-refractivity contribution >= 4 is 28.7 Å². The minimum absolute atomic E-state index is 0.0875. The monoisotopic (exact) mass is 396 g/mol. The number of methoxy groups -OCH3 is 1. The summed E-state index contributed by atoms with van der Waals surface area (Å²) >= 11 is 0. The summed E-state index contributed by atoms with van der Waals surface area (Å²) in [5, 5.41) is 3.30. The smallest absolute Gasteiger partial charge is 0.340 e. The Balaban J connectivity index is 1.77. The van der Waals surface area contributed by atoms with E-state index in [9.17, 15) is 14.4 Å². The molecule has 1 N–H and O–H groups in total. The van der Waals surface area contributed by atoms with Gasteiger partial charge in [0.05, 0.1) is 30.1 Å². The molecular weight excluding hydrogens is 376 g/mol. The highest BCUT2D eigenvalue weighted by atomic mass is 16.5. The maximum atomic E-state index is 12.3. The lowest BCUT2D eigenvalue weighted by Gasteiger charge is -2.15. The summed E-state index contributed by atoms with van der Waals surface area (Å²) in [5.41, 5.74) is 1.90. The van der Waals surface area contributed by atoms with Gasteiger partial charge in [-0.1, -0.05) is 18.2 Å². The van der Waals surface area contributed by atoms with Gasteiger partial charge >= 0.3 is 11.9 Å². The maximum absolute atomic E-state index is 12.3. The van der Waals surface area contributed by atoms with Gasteiger partial charge in [0.1, 0.15) is 12.6 Å². The number of ether oxygens (including phenoxy) is 2. The van der Waals surface area contributed by atoms with Gasteiger partial charge in [-0.15, -0.1) is 0 Å². The van der Waals surface area contributed by atoms with Crippen molar-refractivity contribution < 1.29 is 28.3 Å². The molecule has 0 radical (unpaired) electrons. The molecule has 8 nitrogen and oxygen atoms in total. The normalized spacial score (nSPS) is 11.7. The van der Waals surface area contributed by atoms with Gasteiger partial charge in [0.15, 0.2) is 5.76 Å². The average molecular weight is 396 g/mol. The molecule has 0 saturated carbocycles. The number of para-hydroxylation sites is 1. The summed E-state index contributed by atoms with van der Waals surface area (Å²) in [4.78, 5) is 41.0. The number of nitrogens with zero attached hydrogens (tertiary/aromatic N) is 1. The molecule has 3 rings (SSSR count). The van der Waals surface area contributed by atoms with Crippen molar-refractivity contribution in [3.8, 4) is 0 Å². The van der Waals surface area contributed by atoms with Crippen molar-refractivity contribution in [1.29, 1.82) is 0 Å². The van der Waals surface area contributed by atoms with Crippen LogP contribution in [0.15, 0.2) is 47.1 Å². The van der Waals surface area contributed by atoms with Crippen LogP contribution < -0.4 is 5.32 Å². The highest BCUT2D eigenvalue weighted by molar-refractivity contribution is 5.98. The minimum atomic E-state index is -0.921. The zero-order valence-electron chi connectivity index (χ0n) is 16.2. The summed E-state index contributed by atoms with van der Waals surface area (Å²) in [5.74, 6) is -1.68. The van der Waals surface area contributed by atoms with Gasteiger partial charge in [0, 0.05) is 5.39 Å². The lowest BCUT2D eigenvalue weighted by Crippen LogP contribution is -2.39. The van der Waals surface area contributed by atoms with Gasteiger partial charge in [0.2, 0.25) is 0 Å².